The topological polar surface area (TPSA) is 66.9 Å². The van der Waals surface area contributed by atoms with Gasteiger partial charge >= 0.3 is 0 Å². The molecular formula is C14H18N4OS. The first-order valence-corrected chi connectivity index (χ1v) is 7.53. The zero-order valence-electron chi connectivity index (χ0n) is 11.4. The van der Waals surface area contributed by atoms with Gasteiger partial charge in [0.2, 0.25) is 0 Å². The number of carbonyl (C=O) groups is 1. The third-order valence-corrected chi connectivity index (χ3v) is 3.58. The molecular weight excluding hydrogens is 272 g/mol. The molecule has 20 heavy (non-hydrogen) atoms. The standard InChI is InChI=1S/C14H18N4OS/c1-2-5-16-12-3-6-15-10-11(12)14(19)18-7-4-13-17-8-9-20-13/h3,6,8-10H,2,4-5,7H2,1H3,(H,15,16)(H,18,19). The van der Waals surface area contributed by atoms with E-state index in [0.717, 1.165) is 30.1 Å². The minimum absolute atomic E-state index is 0.103. The molecule has 0 radical (unpaired) electrons. The molecule has 0 fully saturated rings. The van der Waals surface area contributed by atoms with Gasteiger partial charge in [-0.15, -0.1) is 11.3 Å². The number of anilines is 1. The molecule has 0 aliphatic heterocycles. The molecule has 2 rings (SSSR count). The maximum Gasteiger partial charge on any atom is 0.254 e. The van der Waals surface area contributed by atoms with Gasteiger partial charge in [0.25, 0.3) is 5.91 Å². The maximum atomic E-state index is 12.1. The summed E-state index contributed by atoms with van der Waals surface area (Å²) in [4.78, 5) is 20.4. The highest BCUT2D eigenvalue weighted by atomic mass is 32.1. The highest BCUT2D eigenvalue weighted by molar-refractivity contribution is 7.09. The Morgan fingerprint density at radius 2 is 2.25 bits per heavy atom. The minimum Gasteiger partial charge on any atom is -0.384 e. The molecule has 1 amide bonds. The molecule has 0 unspecified atom stereocenters. The third kappa shape index (κ3) is 4.03. The predicted molar refractivity (Wildman–Crippen MR) is 81.2 cm³/mol. The van der Waals surface area contributed by atoms with Crippen molar-refractivity contribution in [3.63, 3.8) is 0 Å². The normalized spacial score (nSPS) is 10.2. The van der Waals surface area contributed by atoms with Gasteiger partial charge in [0.1, 0.15) is 0 Å². The molecule has 0 spiro atoms. The molecule has 2 aromatic rings. The van der Waals surface area contributed by atoms with Gasteiger partial charge in [0.15, 0.2) is 0 Å². The van der Waals surface area contributed by atoms with E-state index in [4.69, 9.17) is 0 Å². The van der Waals surface area contributed by atoms with Crippen LogP contribution in [0.5, 0.6) is 0 Å². The van der Waals surface area contributed by atoms with E-state index in [2.05, 4.69) is 27.5 Å². The number of amides is 1. The Morgan fingerprint density at radius 3 is 3.00 bits per heavy atom. The van der Waals surface area contributed by atoms with Crippen LogP contribution in [-0.2, 0) is 6.42 Å². The van der Waals surface area contributed by atoms with Crippen molar-refractivity contribution in [1.29, 1.82) is 0 Å². The summed E-state index contributed by atoms with van der Waals surface area (Å²) in [6.07, 6.45) is 6.81. The zero-order chi connectivity index (χ0) is 14.2. The Labute approximate surface area is 122 Å². The van der Waals surface area contributed by atoms with E-state index in [-0.39, 0.29) is 5.91 Å². The lowest BCUT2D eigenvalue weighted by atomic mass is 10.2. The lowest BCUT2D eigenvalue weighted by Gasteiger charge is -2.10. The number of hydrogen-bond donors (Lipinski definition) is 2. The van der Waals surface area contributed by atoms with Crippen LogP contribution in [0.15, 0.2) is 30.0 Å². The second kappa shape index (κ2) is 7.59. The predicted octanol–water partition coefficient (Wildman–Crippen LogP) is 2.33. The molecule has 0 aliphatic rings. The first-order chi connectivity index (χ1) is 9.81. The molecule has 2 aromatic heterocycles. The largest absolute Gasteiger partial charge is 0.384 e. The molecule has 5 nitrogen and oxygen atoms in total. The van der Waals surface area contributed by atoms with Gasteiger partial charge in [-0.3, -0.25) is 9.78 Å². The number of hydrogen-bond acceptors (Lipinski definition) is 5. The Bertz CT molecular complexity index is 542. The molecule has 0 atom stereocenters. The summed E-state index contributed by atoms with van der Waals surface area (Å²) in [6, 6.07) is 1.82. The summed E-state index contributed by atoms with van der Waals surface area (Å²) in [5.41, 5.74) is 1.41. The van der Waals surface area contributed by atoms with Crippen LogP contribution < -0.4 is 10.6 Å². The first kappa shape index (κ1) is 14.5. The Hall–Kier alpha value is -1.95. The fourth-order valence-electron chi connectivity index (χ4n) is 1.74. The van der Waals surface area contributed by atoms with Crippen LogP contribution in [0.25, 0.3) is 0 Å². The highest BCUT2D eigenvalue weighted by Crippen LogP contribution is 2.13. The van der Waals surface area contributed by atoms with Crippen LogP contribution in [0.4, 0.5) is 5.69 Å². The van der Waals surface area contributed by atoms with Crippen molar-refractivity contribution in [3.05, 3.63) is 40.6 Å². The van der Waals surface area contributed by atoms with Crippen molar-refractivity contribution >= 4 is 22.9 Å². The minimum atomic E-state index is -0.103. The van der Waals surface area contributed by atoms with E-state index in [1.807, 2.05) is 11.4 Å². The van der Waals surface area contributed by atoms with Crippen LogP contribution in [0.2, 0.25) is 0 Å². The van der Waals surface area contributed by atoms with Gasteiger partial charge < -0.3 is 10.6 Å². The van der Waals surface area contributed by atoms with Crippen molar-refractivity contribution in [2.24, 2.45) is 0 Å². The first-order valence-electron chi connectivity index (χ1n) is 6.65. The average Bonchev–Trinajstić information content (AvgIpc) is 2.98. The smallest absolute Gasteiger partial charge is 0.254 e. The number of nitrogens with one attached hydrogen (secondary N) is 2. The Balaban J connectivity index is 1.91. The molecule has 0 bridgehead atoms. The van der Waals surface area contributed by atoms with Crippen molar-refractivity contribution in [3.8, 4) is 0 Å². The molecule has 0 saturated heterocycles. The van der Waals surface area contributed by atoms with Crippen LogP contribution in [0.3, 0.4) is 0 Å². The second-order valence-corrected chi connectivity index (χ2v) is 5.26. The zero-order valence-corrected chi connectivity index (χ0v) is 12.2. The number of carbonyl (C=O) groups excluding carboxylic acids is 1. The highest BCUT2D eigenvalue weighted by Gasteiger charge is 2.10. The Morgan fingerprint density at radius 1 is 1.35 bits per heavy atom. The van der Waals surface area contributed by atoms with E-state index in [0.29, 0.717) is 12.1 Å². The number of pyridine rings is 1. The molecule has 2 N–H and O–H groups in total. The van der Waals surface area contributed by atoms with Gasteiger partial charge in [-0.2, -0.15) is 0 Å². The van der Waals surface area contributed by atoms with Crippen LogP contribution in [-0.4, -0.2) is 29.0 Å². The molecule has 106 valence electrons. The number of nitrogens with zero attached hydrogens (tertiary/aromatic N) is 2. The monoisotopic (exact) mass is 290 g/mol. The quantitative estimate of drug-likeness (QED) is 0.821. The summed E-state index contributed by atoms with van der Waals surface area (Å²) in [5.74, 6) is -0.103. The summed E-state index contributed by atoms with van der Waals surface area (Å²) < 4.78 is 0. The van der Waals surface area contributed by atoms with Gasteiger partial charge in [-0.05, 0) is 12.5 Å². The van der Waals surface area contributed by atoms with E-state index >= 15 is 0 Å². The SMILES string of the molecule is CCCNc1ccncc1C(=O)NCCc1nccs1. The molecule has 0 aromatic carbocycles. The van der Waals surface area contributed by atoms with Gasteiger partial charge in [-0.1, -0.05) is 6.92 Å². The summed E-state index contributed by atoms with van der Waals surface area (Å²) in [6.45, 7) is 3.50. The maximum absolute atomic E-state index is 12.1. The Kier molecular flexibility index (Phi) is 5.49. The summed E-state index contributed by atoms with van der Waals surface area (Å²) in [5, 5.41) is 9.10. The van der Waals surface area contributed by atoms with Crippen LogP contribution >= 0.6 is 11.3 Å². The van der Waals surface area contributed by atoms with Gasteiger partial charge in [0, 0.05) is 43.5 Å². The second-order valence-electron chi connectivity index (χ2n) is 4.28. The van der Waals surface area contributed by atoms with Crippen LogP contribution in [0, 0.1) is 0 Å². The van der Waals surface area contributed by atoms with E-state index in [1.54, 1.807) is 29.9 Å². The van der Waals surface area contributed by atoms with Crippen molar-refractivity contribution in [2.45, 2.75) is 19.8 Å². The number of rotatable bonds is 7. The molecule has 2 heterocycles. The van der Waals surface area contributed by atoms with Crippen molar-refractivity contribution in [1.82, 2.24) is 15.3 Å². The van der Waals surface area contributed by atoms with Gasteiger partial charge in [0.05, 0.1) is 16.3 Å². The molecule has 6 heteroatoms. The van der Waals surface area contributed by atoms with Crippen LogP contribution in [0.1, 0.15) is 28.7 Å². The van der Waals surface area contributed by atoms with E-state index in [1.165, 1.54) is 0 Å². The lowest BCUT2D eigenvalue weighted by Crippen LogP contribution is -2.26. The molecule has 0 saturated carbocycles. The fourth-order valence-corrected chi connectivity index (χ4v) is 2.36. The average molecular weight is 290 g/mol. The van der Waals surface area contributed by atoms with Crippen molar-refractivity contribution in [2.75, 3.05) is 18.4 Å². The number of aromatic nitrogens is 2. The number of thiazole rings is 1. The summed E-state index contributed by atoms with van der Waals surface area (Å²) >= 11 is 1.60. The fraction of sp³-hybridized carbons (Fsp3) is 0.357. The van der Waals surface area contributed by atoms with Gasteiger partial charge in [-0.25, -0.2) is 4.98 Å². The molecule has 0 aliphatic carbocycles. The lowest BCUT2D eigenvalue weighted by molar-refractivity contribution is 0.0954. The third-order valence-electron chi connectivity index (χ3n) is 2.74. The summed E-state index contributed by atoms with van der Waals surface area (Å²) in [7, 11) is 0. The van der Waals surface area contributed by atoms with Crippen molar-refractivity contribution < 1.29 is 4.79 Å². The van der Waals surface area contributed by atoms with E-state index in [9.17, 15) is 4.79 Å². The van der Waals surface area contributed by atoms with E-state index < -0.39 is 0 Å².